The first-order valence-corrected chi connectivity index (χ1v) is 6.44. The predicted octanol–water partition coefficient (Wildman–Crippen LogP) is 1.89. The first-order chi connectivity index (χ1) is 10.4. The number of phenols is 1. The lowest BCUT2D eigenvalue weighted by atomic mass is 9.98. The molecule has 0 fully saturated rings. The number of carbonyl (C=O) groups excluding carboxylic acids is 4. The average molecular weight is 299 g/mol. The maximum absolute atomic E-state index is 12.4. The molecule has 2 aromatic rings. The van der Waals surface area contributed by atoms with Crippen LogP contribution in [0.15, 0.2) is 30.3 Å². The van der Waals surface area contributed by atoms with Gasteiger partial charge < -0.3 is 5.11 Å². The zero-order valence-corrected chi connectivity index (χ0v) is 12.0. The third-order valence-corrected chi connectivity index (χ3v) is 3.25. The van der Waals surface area contributed by atoms with Gasteiger partial charge in [0.2, 0.25) is 11.8 Å². The molecule has 0 spiro atoms. The first kappa shape index (κ1) is 15.4. The molecule has 0 atom stereocenters. The number of phenolic OH excluding ortho intramolecular Hbond substituents is 1. The Hall–Kier alpha value is -3.02. The van der Waals surface area contributed by atoms with Gasteiger partial charge in [0.05, 0.1) is 5.56 Å². The third kappa shape index (κ3) is 2.46. The van der Waals surface area contributed by atoms with Gasteiger partial charge in [-0.25, -0.2) is 4.90 Å². The molecule has 2 aromatic carbocycles. The van der Waals surface area contributed by atoms with Crippen molar-refractivity contribution in [3.05, 3.63) is 41.5 Å². The van der Waals surface area contributed by atoms with Crippen molar-refractivity contribution in [3.8, 4) is 5.75 Å². The monoisotopic (exact) mass is 299 g/mol. The standard InChI is InChI=1S/C16H13NO5/c1-9(19)17(10(2)20)16(22)13-7-15(21)12-6-4-3-5-11(12)14(13)8-18/h3-8,21H,1-2H3. The molecule has 1 N–H and O–H groups in total. The zero-order valence-electron chi connectivity index (χ0n) is 12.0. The van der Waals surface area contributed by atoms with Gasteiger partial charge in [-0.1, -0.05) is 24.3 Å². The Morgan fingerprint density at radius 1 is 1.05 bits per heavy atom. The summed E-state index contributed by atoms with van der Waals surface area (Å²) < 4.78 is 0. The molecule has 0 aliphatic heterocycles. The molecule has 2 rings (SSSR count). The van der Waals surface area contributed by atoms with Crippen LogP contribution in [0.5, 0.6) is 5.75 Å². The SMILES string of the molecule is CC(=O)N(C(C)=O)C(=O)c1cc(O)c2ccccc2c1C=O. The molecule has 0 unspecified atom stereocenters. The molecule has 22 heavy (non-hydrogen) atoms. The molecule has 6 heteroatoms. The highest BCUT2D eigenvalue weighted by Gasteiger charge is 2.27. The van der Waals surface area contributed by atoms with E-state index in [9.17, 15) is 24.3 Å². The van der Waals surface area contributed by atoms with Gasteiger partial charge in [0, 0.05) is 24.8 Å². The quantitative estimate of drug-likeness (QED) is 0.855. The van der Waals surface area contributed by atoms with Crippen LogP contribution in [0.25, 0.3) is 10.8 Å². The lowest BCUT2D eigenvalue weighted by molar-refractivity contribution is -0.138. The second-order valence-corrected chi connectivity index (χ2v) is 4.70. The fourth-order valence-electron chi connectivity index (χ4n) is 2.31. The molecular weight excluding hydrogens is 286 g/mol. The smallest absolute Gasteiger partial charge is 0.268 e. The molecule has 0 radical (unpaired) electrons. The lowest BCUT2D eigenvalue weighted by Gasteiger charge is -2.17. The van der Waals surface area contributed by atoms with E-state index in [1.54, 1.807) is 24.3 Å². The van der Waals surface area contributed by atoms with E-state index in [1.807, 2.05) is 0 Å². The second-order valence-electron chi connectivity index (χ2n) is 4.70. The molecule has 0 aliphatic rings. The van der Waals surface area contributed by atoms with Crippen molar-refractivity contribution < 1.29 is 24.3 Å². The summed E-state index contributed by atoms with van der Waals surface area (Å²) in [6, 6.07) is 7.58. The summed E-state index contributed by atoms with van der Waals surface area (Å²) in [5.74, 6) is -2.68. The molecule has 0 bridgehead atoms. The molecule has 0 saturated heterocycles. The molecule has 3 amide bonds. The van der Waals surface area contributed by atoms with E-state index in [-0.39, 0.29) is 16.9 Å². The Morgan fingerprint density at radius 2 is 1.59 bits per heavy atom. The van der Waals surface area contributed by atoms with E-state index in [0.717, 1.165) is 19.9 Å². The number of imide groups is 3. The van der Waals surface area contributed by atoms with Crippen molar-refractivity contribution in [3.63, 3.8) is 0 Å². The Labute approximate surface area is 126 Å². The van der Waals surface area contributed by atoms with Crippen molar-refractivity contribution in [2.24, 2.45) is 0 Å². The summed E-state index contributed by atoms with van der Waals surface area (Å²) in [5, 5.41) is 10.8. The summed E-state index contributed by atoms with van der Waals surface area (Å²) in [5.41, 5.74) is -0.178. The summed E-state index contributed by atoms with van der Waals surface area (Å²) in [4.78, 5) is 47.2. The summed E-state index contributed by atoms with van der Waals surface area (Å²) in [6.07, 6.45) is 0.466. The number of hydrogen-bond donors (Lipinski definition) is 1. The summed E-state index contributed by atoms with van der Waals surface area (Å²) in [7, 11) is 0. The minimum Gasteiger partial charge on any atom is -0.507 e. The molecule has 0 saturated carbocycles. The maximum Gasteiger partial charge on any atom is 0.268 e. The van der Waals surface area contributed by atoms with Gasteiger partial charge in [-0.15, -0.1) is 0 Å². The number of fused-ring (bicyclic) bond motifs is 1. The van der Waals surface area contributed by atoms with Gasteiger partial charge in [0.15, 0.2) is 6.29 Å². The fraction of sp³-hybridized carbons (Fsp3) is 0.125. The van der Waals surface area contributed by atoms with Crippen LogP contribution >= 0.6 is 0 Å². The van der Waals surface area contributed by atoms with Crippen molar-refractivity contribution in [2.45, 2.75) is 13.8 Å². The summed E-state index contributed by atoms with van der Waals surface area (Å²) in [6.45, 7) is 2.14. The highest BCUT2D eigenvalue weighted by molar-refractivity contribution is 6.20. The number of rotatable bonds is 2. The largest absolute Gasteiger partial charge is 0.507 e. The van der Waals surface area contributed by atoms with Crippen molar-refractivity contribution in [1.82, 2.24) is 4.90 Å². The van der Waals surface area contributed by atoms with Gasteiger partial charge in [0.1, 0.15) is 5.75 Å². The van der Waals surface area contributed by atoms with Crippen LogP contribution in [0.1, 0.15) is 34.6 Å². The van der Waals surface area contributed by atoms with E-state index in [4.69, 9.17) is 0 Å². The topological polar surface area (TPSA) is 91.8 Å². The molecular formula is C16H13NO5. The predicted molar refractivity (Wildman–Crippen MR) is 78.5 cm³/mol. The van der Waals surface area contributed by atoms with Gasteiger partial charge >= 0.3 is 0 Å². The molecule has 112 valence electrons. The number of benzene rings is 2. The highest BCUT2D eigenvalue weighted by atomic mass is 16.3. The second kappa shape index (κ2) is 5.77. The molecule has 0 aromatic heterocycles. The van der Waals surface area contributed by atoms with Crippen LogP contribution in [0.2, 0.25) is 0 Å². The van der Waals surface area contributed by atoms with E-state index in [1.165, 1.54) is 0 Å². The van der Waals surface area contributed by atoms with E-state index in [2.05, 4.69) is 0 Å². The van der Waals surface area contributed by atoms with Crippen molar-refractivity contribution in [2.75, 3.05) is 0 Å². The normalized spacial score (nSPS) is 10.3. The average Bonchev–Trinajstić information content (AvgIpc) is 2.46. The van der Waals surface area contributed by atoms with Crippen LogP contribution in [0.4, 0.5) is 0 Å². The number of carbonyl (C=O) groups is 4. The van der Waals surface area contributed by atoms with Gasteiger partial charge in [-0.2, -0.15) is 0 Å². The Balaban J connectivity index is 2.75. The van der Waals surface area contributed by atoms with Crippen LogP contribution < -0.4 is 0 Å². The van der Waals surface area contributed by atoms with Crippen molar-refractivity contribution in [1.29, 1.82) is 0 Å². The fourth-order valence-corrected chi connectivity index (χ4v) is 2.31. The maximum atomic E-state index is 12.4. The van der Waals surface area contributed by atoms with E-state index >= 15 is 0 Å². The van der Waals surface area contributed by atoms with Crippen LogP contribution in [0.3, 0.4) is 0 Å². The summed E-state index contributed by atoms with van der Waals surface area (Å²) >= 11 is 0. The highest BCUT2D eigenvalue weighted by Crippen LogP contribution is 2.30. The van der Waals surface area contributed by atoms with E-state index in [0.29, 0.717) is 22.0 Å². The van der Waals surface area contributed by atoms with Gasteiger partial charge in [-0.05, 0) is 11.5 Å². The first-order valence-electron chi connectivity index (χ1n) is 6.44. The number of aromatic hydroxyl groups is 1. The van der Waals surface area contributed by atoms with Crippen molar-refractivity contribution >= 4 is 34.8 Å². The minimum atomic E-state index is -0.942. The zero-order chi connectivity index (χ0) is 16.4. The van der Waals surface area contributed by atoms with Gasteiger partial charge in [-0.3, -0.25) is 19.2 Å². The number of nitrogens with zero attached hydrogens (tertiary/aromatic N) is 1. The van der Waals surface area contributed by atoms with Gasteiger partial charge in [0.25, 0.3) is 5.91 Å². The third-order valence-electron chi connectivity index (χ3n) is 3.25. The molecule has 0 heterocycles. The Morgan fingerprint density at radius 3 is 2.09 bits per heavy atom. The van der Waals surface area contributed by atoms with E-state index < -0.39 is 17.7 Å². The number of hydrogen-bond acceptors (Lipinski definition) is 5. The minimum absolute atomic E-state index is 0.0194. The Kier molecular flexibility index (Phi) is 4.03. The Bertz CT molecular complexity index is 796. The van der Waals surface area contributed by atoms with Crippen LogP contribution in [-0.4, -0.2) is 34.0 Å². The lowest BCUT2D eigenvalue weighted by Crippen LogP contribution is -2.39. The van der Waals surface area contributed by atoms with Crippen LogP contribution in [-0.2, 0) is 9.59 Å². The number of aldehydes is 1. The number of amides is 3. The molecule has 0 aliphatic carbocycles. The van der Waals surface area contributed by atoms with Crippen LogP contribution in [0, 0.1) is 0 Å². The molecule has 6 nitrogen and oxygen atoms in total.